The second kappa shape index (κ2) is 16.5. The molecule has 0 N–H and O–H groups in total. The highest BCUT2D eigenvalue weighted by Crippen LogP contribution is 2.28. The van der Waals surface area contributed by atoms with E-state index in [4.69, 9.17) is 78.1 Å². The van der Waals surface area contributed by atoms with Crippen LogP contribution in [-0.4, -0.2) is 23.3 Å². The summed E-state index contributed by atoms with van der Waals surface area (Å²) in [6, 6.07) is 17.6. The maximum absolute atomic E-state index is 5.73. The molecule has 0 aromatic heterocycles. The Balaban J connectivity index is 0.000000391. The molecule has 0 unspecified atom stereocenters. The van der Waals surface area contributed by atoms with E-state index in [-0.39, 0.29) is 0 Å². The van der Waals surface area contributed by atoms with Gasteiger partial charge in [0.25, 0.3) is 0 Å². The minimum Gasteiger partial charge on any atom is -0.130 e. The van der Waals surface area contributed by atoms with Gasteiger partial charge < -0.3 is 0 Å². The minimum absolute atomic E-state index is 0.613. The average Bonchev–Trinajstić information content (AvgIpc) is 2.55. The Kier molecular flexibility index (Phi) is 17.6. The summed E-state index contributed by atoms with van der Waals surface area (Å²) >= 11 is 40.8. The highest BCUT2D eigenvalue weighted by Gasteiger charge is 2.24. The maximum atomic E-state index is 5.73. The zero-order valence-corrected chi connectivity index (χ0v) is 21.8. The molecule has 0 amide bonds. The molecule has 0 radical (unpaired) electrons. The molecule has 2 rings (SSSR count). The number of alkyl halides is 1. The molecule has 0 aliphatic heterocycles. The standard InChI is InChI=1S/C7H7Cl3SSi.C7H7ClS.Cl3HSi/c8-12(9,10)6-11-7-4-2-1-3-5-7;8-6-9-7-4-2-1-3-5-7;1-4(2)3/h1-5H,6H2;1-5H,6H2;4H. The molecule has 25 heavy (non-hydrogen) atoms. The molecular formula is C14H15Cl7S2Si2. The van der Waals surface area contributed by atoms with E-state index in [9.17, 15) is 0 Å². The van der Waals surface area contributed by atoms with Crippen molar-refractivity contribution in [1.29, 1.82) is 0 Å². The van der Waals surface area contributed by atoms with E-state index in [0.717, 1.165) is 4.90 Å². The predicted molar refractivity (Wildman–Crippen MR) is 128 cm³/mol. The normalized spacial score (nSPS) is 10.4. The third kappa shape index (κ3) is 20.2. The SMILES string of the molecule is ClCSc1ccccc1.Cl[SiH](Cl)Cl.Cl[Si](Cl)(Cl)CSc1ccccc1. The van der Waals surface area contributed by atoms with E-state index < -0.39 is 12.7 Å². The Hall–Kier alpha value is 1.60. The van der Waals surface area contributed by atoms with E-state index >= 15 is 0 Å². The van der Waals surface area contributed by atoms with E-state index in [1.165, 1.54) is 4.90 Å². The number of hydrogen-bond donors (Lipinski definition) is 0. The fourth-order valence-electron chi connectivity index (χ4n) is 1.26. The van der Waals surface area contributed by atoms with Crippen molar-refractivity contribution in [3.63, 3.8) is 0 Å². The molecule has 0 fully saturated rings. The zero-order valence-electron chi connectivity index (χ0n) is 12.7. The van der Waals surface area contributed by atoms with Gasteiger partial charge in [0.1, 0.15) is 0 Å². The fraction of sp³-hybridized carbons (Fsp3) is 0.143. The fourth-order valence-corrected chi connectivity index (χ4v) is 5.26. The van der Waals surface area contributed by atoms with Gasteiger partial charge >= 0.3 is 12.7 Å². The summed E-state index contributed by atoms with van der Waals surface area (Å²) in [5.41, 5.74) is 0. The minimum atomic E-state index is -2.46. The molecule has 0 bridgehead atoms. The Morgan fingerprint density at radius 1 is 0.720 bits per heavy atom. The third-order valence-corrected chi connectivity index (χ3v) is 8.59. The molecule has 11 heteroatoms. The first kappa shape index (κ1) is 26.6. The third-order valence-electron chi connectivity index (χ3n) is 2.11. The molecule has 0 heterocycles. The van der Waals surface area contributed by atoms with E-state index in [1.807, 2.05) is 60.7 Å². The van der Waals surface area contributed by atoms with Crippen LogP contribution in [-0.2, 0) is 0 Å². The van der Waals surface area contributed by atoms with Gasteiger partial charge in [-0.25, -0.2) is 0 Å². The Labute approximate surface area is 193 Å². The molecule has 0 nitrogen and oxygen atoms in total. The summed E-state index contributed by atoms with van der Waals surface area (Å²) < 4.78 is 0. The van der Waals surface area contributed by atoms with Crippen LogP contribution in [0.3, 0.4) is 0 Å². The largest absolute Gasteiger partial charge is 0.351 e. The predicted octanol–water partition coefficient (Wildman–Crippen LogP) is 8.37. The van der Waals surface area contributed by atoms with Crippen LogP contribution >= 0.6 is 102 Å². The van der Waals surface area contributed by atoms with E-state index in [2.05, 4.69) is 0 Å². The molecule has 140 valence electrons. The highest BCUT2D eigenvalue weighted by atomic mass is 35.8. The number of halogens is 7. The number of rotatable bonds is 5. The molecule has 0 saturated carbocycles. The smallest absolute Gasteiger partial charge is 0.130 e. The quantitative estimate of drug-likeness (QED) is 0.158. The molecule has 2 aromatic rings. The lowest BCUT2D eigenvalue weighted by atomic mass is 10.4. The van der Waals surface area contributed by atoms with Crippen LogP contribution in [0.5, 0.6) is 0 Å². The van der Waals surface area contributed by atoms with Crippen LogP contribution in [0.2, 0.25) is 0 Å². The highest BCUT2D eigenvalue weighted by molar-refractivity contribution is 8.03. The Morgan fingerprint density at radius 3 is 1.40 bits per heavy atom. The first-order valence-electron chi connectivity index (χ1n) is 6.65. The lowest BCUT2D eigenvalue weighted by Gasteiger charge is -2.06. The Morgan fingerprint density at radius 2 is 1.08 bits per heavy atom. The topological polar surface area (TPSA) is 0 Å². The maximum Gasteiger partial charge on any atom is 0.351 e. The van der Waals surface area contributed by atoms with Gasteiger partial charge in [0, 0.05) is 15.2 Å². The summed E-state index contributed by atoms with van der Waals surface area (Å²) in [6.07, 6.45) is 0. The van der Waals surface area contributed by atoms with Crippen molar-refractivity contribution in [3.8, 4) is 0 Å². The van der Waals surface area contributed by atoms with Gasteiger partial charge in [-0.15, -0.1) is 102 Å². The molecule has 0 aliphatic rings. The molecule has 0 aliphatic carbocycles. The van der Waals surface area contributed by atoms with Crippen molar-refractivity contribution in [2.75, 3.05) is 10.6 Å². The molecule has 0 atom stereocenters. The average molecular weight is 552 g/mol. The van der Waals surface area contributed by atoms with Crippen LogP contribution < -0.4 is 0 Å². The van der Waals surface area contributed by atoms with Gasteiger partial charge in [-0.2, -0.15) is 0 Å². The second-order valence-corrected chi connectivity index (χ2v) is 22.8. The lowest BCUT2D eigenvalue weighted by Crippen LogP contribution is -2.13. The molecular weight excluding hydrogens is 537 g/mol. The first-order chi connectivity index (χ1) is 11.7. The van der Waals surface area contributed by atoms with E-state index in [1.54, 1.807) is 23.5 Å². The van der Waals surface area contributed by atoms with Crippen LogP contribution in [0.25, 0.3) is 0 Å². The van der Waals surface area contributed by atoms with Gasteiger partial charge in [-0.1, -0.05) is 36.4 Å². The van der Waals surface area contributed by atoms with Gasteiger partial charge in [0.2, 0.25) is 0 Å². The first-order valence-corrected chi connectivity index (χ1v) is 19.6. The van der Waals surface area contributed by atoms with Gasteiger partial charge in [-0.05, 0) is 24.3 Å². The summed E-state index contributed by atoms with van der Waals surface area (Å²) in [7, 11) is 0. The van der Waals surface area contributed by atoms with Gasteiger partial charge in [0.15, 0.2) is 0 Å². The van der Waals surface area contributed by atoms with E-state index in [0.29, 0.717) is 10.6 Å². The van der Waals surface area contributed by atoms with Crippen molar-refractivity contribution in [2.24, 2.45) is 0 Å². The molecule has 0 saturated heterocycles. The molecule has 0 spiro atoms. The number of benzene rings is 2. The summed E-state index contributed by atoms with van der Waals surface area (Å²) in [6.45, 7) is -1.72. The number of thioether (sulfide) groups is 2. The van der Waals surface area contributed by atoms with Crippen molar-refractivity contribution in [2.45, 2.75) is 9.79 Å². The zero-order chi connectivity index (χ0) is 19.1. The van der Waals surface area contributed by atoms with Crippen molar-refractivity contribution in [3.05, 3.63) is 60.7 Å². The summed E-state index contributed by atoms with van der Waals surface area (Å²) in [5.74, 6) is 0. The van der Waals surface area contributed by atoms with Crippen LogP contribution in [0.1, 0.15) is 0 Å². The van der Waals surface area contributed by atoms with Gasteiger partial charge in [-0.3, -0.25) is 0 Å². The van der Waals surface area contributed by atoms with Crippen LogP contribution in [0.15, 0.2) is 70.5 Å². The summed E-state index contributed by atoms with van der Waals surface area (Å²) in [4.78, 5) is 2.38. The van der Waals surface area contributed by atoms with Crippen molar-refractivity contribution in [1.82, 2.24) is 0 Å². The van der Waals surface area contributed by atoms with Gasteiger partial charge in [0.05, 0.1) is 5.21 Å². The Bertz CT molecular complexity index is 539. The van der Waals surface area contributed by atoms with Crippen LogP contribution in [0, 0.1) is 0 Å². The van der Waals surface area contributed by atoms with Crippen molar-refractivity contribution < 1.29 is 0 Å². The number of hydrogen-bond acceptors (Lipinski definition) is 2. The monoisotopic (exact) mass is 548 g/mol. The lowest BCUT2D eigenvalue weighted by molar-refractivity contribution is 1.47. The van der Waals surface area contributed by atoms with Crippen molar-refractivity contribution >= 4 is 114 Å². The second-order valence-electron chi connectivity index (χ2n) is 4.03. The van der Waals surface area contributed by atoms with Crippen LogP contribution in [0.4, 0.5) is 0 Å². The molecule has 2 aromatic carbocycles. The summed E-state index contributed by atoms with van der Waals surface area (Å²) in [5, 5.41) is 1.24.